The molecule has 3 rings (SSSR count). The third-order valence-electron chi connectivity index (χ3n) is 4.10. The number of ether oxygens (including phenoxy) is 2. The van der Waals surface area contributed by atoms with E-state index in [9.17, 15) is 8.42 Å². The molecule has 3 aromatic carbocycles. The first kappa shape index (κ1) is 20.4. The molecule has 0 aromatic heterocycles. The van der Waals surface area contributed by atoms with Crippen LogP contribution in [0.4, 0.5) is 0 Å². The van der Waals surface area contributed by atoms with Crippen LogP contribution in [0.5, 0.6) is 17.2 Å². The van der Waals surface area contributed by atoms with Gasteiger partial charge in [0.2, 0.25) is 0 Å². The zero-order valence-electron chi connectivity index (χ0n) is 15.5. The van der Waals surface area contributed by atoms with Crippen molar-refractivity contribution < 1.29 is 17.9 Å². The maximum absolute atomic E-state index is 11.8. The Morgan fingerprint density at radius 3 is 2.32 bits per heavy atom. The van der Waals surface area contributed by atoms with Gasteiger partial charge in [-0.3, -0.25) is 0 Å². The minimum Gasteiger partial charge on any atom is -0.489 e. The van der Waals surface area contributed by atoms with Crippen molar-refractivity contribution in [2.24, 2.45) is 0 Å². The fourth-order valence-corrected chi connectivity index (χ4v) is 3.97. The molecule has 0 N–H and O–H groups in total. The van der Waals surface area contributed by atoms with E-state index in [0.717, 1.165) is 11.1 Å². The first-order chi connectivity index (χ1) is 13.4. The molecule has 3 aromatic rings. The summed E-state index contributed by atoms with van der Waals surface area (Å²) in [6.07, 6.45) is 0. The van der Waals surface area contributed by atoms with Crippen molar-refractivity contribution in [2.75, 3.05) is 5.75 Å². The van der Waals surface area contributed by atoms with Gasteiger partial charge in [0.15, 0.2) is 9.84 Å². The Labute approximate surface area is 174 Å². The monoisotopic (exact) mass is 460 g/mol. The zero-order chi connectivity index (χ0) is 20.0. The van der Waals surface area contributed by atoms with Crippen LogP contribution in [-0.4, -0.2) is 14.2 Å². The number of hydrogen-bond donors (Lipinski definition) is 0. The summed E-state index contributed by atoms with van der Waals surface area (Å²) >= 11 is 3.46. The van der Waals surface area contributed by atoms with E-state index in [2.05, 4.69) is 15.9 Å². The lowest BCUT2D eigenvalue weighted by Gasteiger charge is -2.11. The van der Waals surface area contributed by atoms with Gasteiger partial charge >= 0.3 is 0 Å². The second kappa shape index (κ2) is 9.26. The van der Waals surface area contributed by atoms with E-state index < -0.39 is 9.84 Å². The molecule has 0 heterocycles. The molecule has 0 aliphatic heterocycles. The normalized spacial score (nSPS) is 11.2. The quantitative estimate of drug-likeness (QED) is 0.428. The van der Waals surface area contributed by atoms with Gasteiger partial charge in [-0.2, -0.15) is 0 Å². The molecular weight excluding hydrogens is 440 g/mol. The average molecular weight is 461 g/mol. The lowest BCUT2D eigenvalue weighted by atomic mass is 10.2. The fraction of sp³-hybridized carbons (Fsp3) is 0.182. The predicted octanol–water partition coefficient (Wildman–Crippen LogP) is 5.76. The molecule has 4 nitrogen and oxygen atoms in total. The van der Waals surface area contributed by atoms with Crippen molar-refractivity contribution in [3.05, 3.63) is 88.4 Å². The smallest absolute Gasteiger partial charge is 0.154 e. The van der Waals surface area contributed by atoms with Crippen LogP contribution in [-0.2, 0) is 22.2 Å². The minimum absolute atomic E-state index is 0.0190. The first-order valence-corrected chi connectivity index (χ1v) is 11.5. The highest BCUT2D eigenvalue weighted by Gasteiger charge is 2.11. The van der Waals surface area contributed by atoms with Crippen molar-refractivity contribution in [1.82, 2.24) is 0 Å². The molecule has 0 bridgehead atoms. The number of rotatable bonds is 8. The predicted molar refractivity (Wildman–Crippen MR) is 115 cm³/mol. The summed E-state index contributed by atoms with van der Waals surface area (Å²) in [5.74, 6) is 2.10. The molecule has 28 heavy (non-hydrogen) atoms. The molecule has 0 amide bonds. The van der Waals surface area contributed by atoms with Crippen LogP contribution in [0.15, 0.2) is 77.3 Å². The lowest BCUT2D eigenvalue weighted by Crippen LogP contribution is -2.06. The molecule has 0 aliphatic carbocycles. The molecule has 0 fully saturated rings. The van der Waals surface area contributed by atoms with E-state index in [1.54, 1.807) is 25.1 Å². The van der Waals surface area contributed by atoms with Gasteiger partial charge in [-0.25, -0.2) is 8.42 Å². The summed E-state index contributed by atoms with van der Waals surface area (Å²) in [6.45, 7) is 2.13. The highest BCUT2D eigenvalue weighted by atomic mass is 79.9. The molecule has 0 atom stereocenters. The molecule has 0 spiro atoms. The van der Waals surface area contributed by atoms with Crippen molar-refractivity contribution in [1.29, 1.82) is 0 Å². The summed E-state index contributed by atoms with van der Waals surface area (Å²) in [5.41, 5.74) is 1.82. The van der Waals surface area contributed by atoms with Crippen molar-refractivity contribution in [3.8, 4) is 17.2 Å². The largest absolute Gasteiger partial charge is 0.489 e. The Kier molecular flexibility index (Phi) is 6.75. The molecule has 0 saturated carbocycles. The van der Waals surface area contributed by atoms with Crippen LogP contribution in [0, 0.1) is 0 Å². The van der Waals surface area contributed by atoms with Crippen LogP contribution < -0.4 is 9.47 Å². The zero-order valence-corrected chi connectivity index (χ0v) is 17.9. The van der Waals surface area contributed by atoms with Crippen LogP contribution in [0.1, 0.15) is 18.1 Å². The maximum atomic E-state index is 11.8. The van der Waals surface area contributed by atoms with E-state index in [1.807, 2.05) is 54.6 Å². The number of hydrogen-bond acceptors (Lipinski definition) is 4. The van der Waals surface area contributed by atoms with Crippen LogP contribution in [0.3, 0.4) is 0 Å². The molecule has 0 unspecified atom stereocenters. The Morgan fingerprint density at radius 1 is 0.857 bits per heavy atom. The van der Waals surface area contributed by atoms with Gasteiger partial charge in [0, 0.05) is 11.8 Å². The van der Waals surface area contributed by atoms with Crippen LogP contribution >= 0.6 is 15.9 Å². The van der Waals surface area contributed by atoms with Crippen molar-refractivity contribution in [2.45, 2.75) is 19.3 Å². The molecule has 0 radical (unpaired) electrons. The lowest BCUT2D eigenvalue weighted by molar-refractivity contribution is 0.304. The van der Waals surface area contributed by atoms with Crippen LogP contribution in [0.25, 0.3) is 0 Å². The topological polar surface area (TPSA) is 52.6 Å². The van der Waals surface area contributed by atoms with Gasteiger partial charge in [0.05, 0.1) is 10.2 Å². The van der Waals surface area contributed by atoms with Gasteiger partial charge in [-0.05, 0) is 51.3 Å². The Hall–Kier alpha value is -2.31. The standard InChI is InChI=1S/C22H21BrO4S/c1-2-28(24,25)16-18-11-12-22(21(23)13-18)27-20-10-6-9-19(14-20)26-15-17-7-4-3-5-8-17/h3-14H,2,15-16H2,1H3. The van der Waals surface area contributed by atoms with Gasteiger partial charge in [0.25, 0.3) is 0 Å². The molecule has 0 saturated heterocycles. The van der Waals surface area contributed by atoms with Crippen molar-refractivity contribution >= 4 is 25.8 Å². The summed E-state index contributed by atoms with van der Waals surface area (Å²) < 4.78 is 36.1. The van der Waals surface area contributed by atoms with E-state index in [4.69, 9.17) is 9.47 Å². The number of sulfone groups is 1. The Bertz CT molecular complexity index is 1030. The third-order valence-corrected chi connectivity index (χ3v) is 6.38. The fourth-order valence-electron chi connectivity index (χ4n) is 2.57. The second-order valence-electron chi connectivity index (χ2n) is 6.29. The highest BCUT2D eigenvalue weighted by molar-refractivity contribution is 9.10. The summed E-state index contributed by atoms with van der Waals surface area (Å²) in [7, 11) is -3.07. The molecule has 146 valence electrons. The van der Waals surface area contributed by atoms with E-state index in [-0.39, 0.29) is 11.5 Å². The van der Waals surface area contributed by atoms with E-state index >= 15 is 0 Å². The first-order valence-electron chi connectivity index (χ1n) is 8.89. The average Bonchev–Trinajstić information content (AvgIpc) is 2.69. The van der Waals surface area contributed by atoms with Gasteiger partial charge in [-0.15, -0.1) is 0 Å². The molecular formula is C22H21BrO4S. The summed E-state index contributed by atoms with van der Waals surface area (Å²) in [4.78, 5) is 0. The SMILES string of the molecule is CCS(=O)(=O)Cc1ccc(Oc2cccc(OCc3ccccc3)c2)c(Br)c1. The van der Waals surface area contributed by atoms with E-state index in [1.165, 1.54) is 0 Å². The molecule has 6 heteroatoms. The maximum Gasteiger partial charge on any atom is 0.154 e. The molecule has 0 aliphatic rings. The van der Waals surface area contributed by atoms with E-state index in [0.29, 0.717) is 28.3 Å². The van der Waals surface area contributed by atoms with Crippen LogP contribution in [0.2, 0.25) is 0 Å². The number of halogens is 1. The van der Waals surface area contributed by atoms with Gasteiger partial charge in [0.1, 0.15) is 23.9 Å². The minimum atomic E-state index is -3.07. The van der Waals surface area contributed by atoms with Gasteiger partial charge in [-0.1, -0.05) is 49.4 Å². The Balaban J connectivity index is 1.68. The van der Waals surface area contributed by atoms with Crippen molar-refractivity contribution in [3.63, 3.8) is 0 Å². The summed E-state index contributed by atoms with van der Waals surface area (Å²) in [5, 5.41) is 0. The Morgan fingerprint density at radius 2 is 1.61 bits per heavy atom. The second-order valence-corrected chi connectivity index (χ2v) is 9.50. The van der Waals surface area contributed by atoms with Gasteiger partial charge < -0.3 is 9.47 Å². The summed E-state index contributed by atoms with van der Waals surface area (Å²) in [6, 6.07) is 22.7. The number of benzene rings is 3. The highest BCUT2D eigenvalue weighted by Crippen LogP contribution is 2.32. The third kappa shape index (κ3) is 5.84.